The number of anilines is 2. The molecular weight excluding hydrogens is 381 g/mol. The Bertz CT molecular complexity index is 795. The van der Waals surface area contributed by atoms with Gasteiger partial charge in [-0.3, -0.25) is 4.79 Å². The summed E-state index contributed by atoms with van der Waals surface area (Å²) in [5.41, 5.74) is 2.17. The molecule has 1 atom stereocenters. The molecular formula is C16H15BrFN3OS. The predicted octanol–water partition coefficient (Wildman–Crippen LogP) is 3.69. The van der Waals surface area contributed by atoms with Crippen LogP contribution < -0.4 is 4.90 Å². The molecule has 4 nitrogen and oxygen atoms in total. The van der Waals surface area contributed by atoms with E-state index in [4.69, 9.17) is 0 Å². The van der Waals surface area contributed by atoms with E-state index in [9.17, 15) is 9.18 Å². The summed E-state index contributed by atoms with van der Waals surface area (Å²) in [5.74, 6) is 0.108. The molecule has 1 unspecified atom stereocenters. The Balaban J connectivity index is 1.79. The molecule has 1 aromatic carbocycles. The SMILES string of the molecule is CC(=O)N1CCC2(C1)CN(c1ncc(F)s1)c1ccc(Br)cc12. The summed E-state index contributed by atoms with van der Waals surface area (Å²) in [7, 11) is 0. The quantitative estimate of drug-likeness (QED) is 0.738. The van der Waals surface area contributed by atoms with Crippen LogP contribution in [-0.4, -0.2) is 35.4 Å². The highest BCUT2D eigenvalue weighted by Crippen LogP contribution is 2.50. The van der Waals surface area contributed by atoms with Crippen molar-refractivity contribution >= 4 is 44.0 Å². The number of rotatable bonds is 1. The molecule has 1 fully saturated rings. The lowest BCUT2D eigenvalue weighted by molar-refractivity contribution is -0.127. The Morgan fingerprint density at radius 3 is 2.91 bits per heavy atom. The minimum absolute atomic E-state index is 0.104. The summed E-state index contributed by atoms with van der Waals surface area (Å²) < 4.78 is 14.4. The Morgan fingerprint density at radius 1 is 1.43 bits per heavy atom. The van der Waals surface area contributed by atoms with E-state index in [1.807, 2.05) is 17.0 Å². The van der Waals surface area contributed by atoms with Gasteiger partial charge in [-0.2, -0.15) is 4.39 Å². The molecule has 2 aliphatic rings. The molecule has 1 aromatic heterocycles. The van der Waals surface area contributed by atoms with Gasteiger partial charge in [0.1, 0.15) is 0 Å². The van der Waals surface area contributed by atoms with Gasteiger partial charge >= 0.3 is 0 Å². The Kier molecular flexibility index (Phi) is 3.46. The van der Waals surface area contributed by atoms with Gasteiger partial charge in [-0.1, -0.05) is 27.3 Å². The number of hydrogen-bond donors (Lipinski definition) is 0. The predicted molar refractivity (Wildman–Crippen MR) is 91.8 cm³/mol. The molecule has 23 heavy (non-hydrogen) atoms. The van der Waals surface area contributed by atoms with Gasteiger partial charge < -0.3 is 9.80 Å². The summed E-state index contributed by atoms with van der Waals surface area (Å²) in [4.78, 5) is 19.9. The molecule has 0 aliphatic carbocycles. The summed E-state index contributed by atoms with van der Waals surface area (Å²) in [6, 6.07) is 6.17. The third-order valence-corrected chi connectivity index (χ3v) is 6.08. The zero-order valence-corrected chi connectivity index (χ0v) is 15.0. The number of thiazole rings is 1. The molecule has 4 rings (SSSR count). The van der Waals surface area contributed by atoms with E-state index in [0.29, 0.717) is 11.7 Å². The van der Waals surface area contributed by atoms with E-state index in [-0.39, 0.29) is 16.5 Å². The molecule has 2 aromatic rings. The van der Waals surface area contributed by atoms with E-state index < -0.39 is 0 Å². The topological polar surface area (TPSA) is 36.4 Å². The van der Waals surface area contributed by atoms with Crippen molar-refractivity contribution < 1.29 is 9.18 Å². The van der Waals surface area contributed by atoms with Crippen molar-refractivity contribution in [3.8, 4) is 0 Å². The van der Waals surface area contributed by atoms with Crippen LogP contribution in [-0.2, 0) is 10.2 Å². The first-order chi connectivity index (χ1) is 11.0. The summed E-state index contributed by atoms with van der Waals surface area (Å²) in [5, 5.41) is 0.389. The lowest BCUT2D eigenvalue weighted by Crippen LogP contribution is -2.36. The highest BCUT2D eigenvalue weighted by Gasteiger charge is 2.48. The molecule has 0 saturated carbocycles. The van der Waals surface area contributed by atoms with Crippen molar-refractivity contribution in [2.24, 2.45) is 0 Å². The van der Waals surface area contributed by atoms with Crippen LogP contribution in [0.3, 0.4) is 0 Å². The average Bonchev–Trinajstić information content (AvgIpc) is 3.19. The van der Waals surface area contributed by atoms with E-state index in [2.05, 4.69) is 31.9 Å². The maximum Gasteiger partial charge on any atom is 0.219 e. The molecule has 1 amide bonds. The highest BCUT2D eigenvalue weighted by atomic mass is 79.9. The fourth-order valence-electron chi connectivity index (χ4n) is 3.67. The van der Waals surface area contributed by atoms with Gasteiger partial charge in [-0.25, -0.2) is 4.98 Å². The van der Waals surface area contributed by atoms with Crippen LogP contribution >= 0.6 is 27.3 Å². The van der Waals surface area contributed by atoms with Gasteiger partial charge in [-0.05, 0) is 30.2 Å². The second-order valence-electron chi connectivity index (χ2n) is 6.17. The number of benzene rings is 1. The number of carbonyl (C=O) groups excluding carboxylic acids is 1. The minimum Gasteiger partial charge on any atom is -0.342 e. The van der Waals surface area contributed by atoms with Crippen LogP contribution in [0.5, 0.6) is 0 Å². The number of amides is 1. The second-order valence-corrected chi connectivity index (χ2v) is 8.04. The minimum atomic E-state index is -0.281. The van der Waals surface area contributed by atoms with Gasteiger partial charge in [-0.15, -0.1) is 0 Å². The van der Waals surface area contributed by atoms with E-state index in [1.54, 1.807) is 6.92 Å². The Labute approximate surface area is 146 Å². The first-order valence-electron chi connectivity index (χ1n) is 7.43. The zero-order valence-electron chi connectivity index (χ0n) is 12.6. The monoisotopic (exact) mass is 395 g/mol. The van der Waals surface area contributed by atoms with Crippen molar-refractivity contribution in [1.82, 2.24) is 9.88 Å². The first kappa shape index (κ1) is 15.1. The standard InChI is InChI=1S/C16H15BrFN3OS/c1-10(22)20-5-4-16(8-20)9-21(15-19-7-14(18)23-15)13-3-2-11(17)6-12(13)16/h2-3,6-7H,4-5,8-9H2,1H3. The largest absolute Gasteiger partial charge is 0.342 e. The van der Waals surface area contributed by atoms with E-state index in [0.717, 1.165) is 41.0 Å². The van der Waals surface area contributed by atoms with Gasteiger partial charge in [0.05, 0.1) is 6.20 Å². The fourth-order valence-corrected chi connectivity index (χ4v) is 4.69. The van der Waals surface area contributed by atoms with Crippen LogP contribution in [0.25, 0.3) is 0 Å². The number of carbonyl (C=O) groups is 1. The van der Waals surface area contributed by atoms with Crippen molar-refractivity contribution in [3.05, 3.63) is 39.6 Å². The molecule has 3 heterocycles. The lowest BCUT2D eigenvalue weighted by atomic mass is 9.81. The normalized spacial score (nSPS) is 22.9. The third kappa shape index (κ3) is 2.37. The fraction of sp³-hybridized carbons (Fsp3) is 0.375. The van der Waals surface area contributed by atoms with Crippen molar-refractivity contribution in [3.63, 3.8) is 0 Å². The highest BCUT2D eigenvalue weighted by molar-refractivity contribution is 9.10. The summed E-state index contributed by atoms with van der Waals surface area (Å²) >= 11 is 4.61. The first-order valence-corrected chi connectivity index (χ1v) is 9.04. The van der Waals surface area contributed by atoms with Crippen LogP contribution in [0.15, 0.2) is 28.9 Å². The molecule has 1 saturated heterocycles. The molecule has 0 radical (unpaired) electrons. The summed E-state index contributed by atoms with van der Waals surface area (Å²) in [6.07, 6.45) is 2.18. The van der Waals surface area contributed by atoms with Gasteiger partial charge in [0.2, 0.25) is 5.91 Å². The number of nitrogens with zero attached hydrogens (tertiary/aromatic N) is 3. The number of aromatic nitrogens is 1. The molecule has 120 valence electrons. The van der Waals surface area contributed by atoms with Crippen molar-refractivity contribution in [2.45, 2.75) is 18.8 Å². The van der Waals surface area contributed by atoms with Crippen LogP contribution in [0.1, 0.15) is 18.9 Å². The lowest BCUT2D eigenvalue weighted by Gasteiger charge is -2.25. The van der Waals surface area contributed by atoms with Crippen LogP contribution in [0.2, 0.25) is 0 Å². The maximum atomic E-state index is 13.4. The molecule has 7 heteroatoms. The van der Waals surface area contributed by atoms with Crippen molar-refractivity contribution in [2.75, 3.05) is 24.5 Å². The van der Waals surface area contributed by atoms with E-state index >= 15 is 0 Å². The van der Waals surface area contributed by atoms with Gasteiger partial charge in [0.15, 0.2) is 10.3 Å². The van der Waals surface area contributed by atoms with Crippen LogP contribution in [0, 0.1) is 5.13 Å². The molecule has 0 bridgehead atoms. The smallest absolute Gasteiger partial charge is 0.219 e. The van der Waals surface area contributed by atoms with Crippen LogP contribution in [0.4, 0.5) is 15.2 Å². The number of likely N-dealkylation sites (tertiary alicyclic amines) is 1. The Morgan fingerprint density at radius 2 is 2.26 bits per heavy atom. The van der Waals surface area contributed by atoms with Gasteiger partial charge in [0.25, 0.3) is 0 Å². The maximum absolute atomic E-state index is 13.4. The average molecular weight is 396 g/mol. The molecule has 0 N–H and O–H groups in total. The van der Waals surface area contributed by atoms with Crippen molar-refractivity contribution in [1.29, 1.82) is 0 Å². The zero-order chi connectivity index (χ0) is 16.2. The molecule has 1 spiro atoms. The Hall–Kier alpha value is -1.47. The number of halogens is 2. The number of hydrogen-bond acceptors (Lipinski definition) is 4. The number of fused-ring (bicyclic) bond motifs is 2. The van der Waals surface area contributed by atoms with Gasteiger partial charge in [0, 0.05) is 42.1 Å². The third-order valence-electron chi connectivity index (χ3n) is 4.78. The molecule has 2 aliphatic heterocycles. The second kappa shape index (κ2) is 5.27. The van der Waals surface area contributed by atoms with E-state index in [1.165, 1.54) is 11.8 Å². The summed E-state index contributed by atoms with van der Waals surface area (Å²) in [6.45, 7) is 3.82.